The summed E-state index contributed by atoms with van der Waals surface area (Å²) in [6, 6.07) is 8.00. The smallest absolute Gasteiger partial charge is 0.192 e. The van der Waals surface area contributed by atoms with Gasteiger partial charge in [0.2, 0.25) is 0 Å². The minimum absolute atomic E-state index is 0.188. The number of aliphatic hydroxyl groups is 1. The predicted octanol–water partition coefficient (Wildman–Crippen LogP) is 12.2. The van der Waals surface area contributed by atoms with Crippen molar-refractivity contribution in [2.24, 2.45) is 35.0 Å². The average Bonchev–Trinajstić information content (AvgIpc) is 3.66. The van der Waals surface area contributed by atoms with Crippen molar-refractivity contribution in [1.29, 1.82) is 0 Å². The van der Waals surface area contributed by atoms with Crippen molar-refractivity contribution in [1.82, 2.24) is 0 Å². The molecule has 5 rings (SSSR count). The van der Waals surface area contributed by atoms with Crippen LogP contribution in [0.2, 0.25) is 36.3 Å². The summed E-state index contributed by atoms with van der Waals surface area (Å²) in [5.74, 6) is 4.18. The highest BCUT2D eigenvalue weighted by atomic mass is 28.4. The summed E-state index contributed by atoms with van der Waals surface area (Å²) in [5, 5.41) is 10.9. The van der Waals surface area contributed by atoms with Crippen molar-refractivity contribution in [2.45, 2.75) is 175 Å². The molecular weight excluding hydrogens is 649 g/mol. The summed E-state index contributed by atoms with van der Waals surface area (Å²) in [4.78, 5) is 0. The fourth-order valence-electron chi connectivity index (χ4n) is 8.97. The molecule has 50 heavy (non-hydrogen) atoms. The number of hydrogen-bond donors (Lipinski definition) is 1. The van der Waals surface area contributed by atoms with Crippen LogP contribution < -0.4 is 4.74 Å². The lowest BCUT2D eigenvalue weighted by Gasteiger charge is -2.49. The molecule has 1 aromatic rings. The Hall–Kier alpha value is -1.19. The van der Waals surface area contributed by atoms with Crippen molar-refractivity contribution in [3.63, 3.8) is 0 Å². The van der Waals surface area contributed by atoms with Crippen LogP contribution in [0.5, 0.6) is 5.75 Å². The lowest BCUT2D eigenvalue weighted by molar-refractivity contribution is -0.00939. The van der Waals surface area contributed by atoms with Gasteiger partial charge in [0.05, 0.1) is 24.4 Å². The molecule has 282 valence electrons. The van der Waals surface area contributed by atoms with Gasteiger partial charge in [-0.2, -0.15) is 0 Å². The highest BCUT2D eigenvalue weighted by Crippen LogP contribution is 2.62. The van der Waals surface area contributed by atoms with E-state index in [9.17, 15) is 5.11 Å². The van der Waals surface area contributed by atoms with E-state index in [1.165, 1.54) is 38.5 Å². The molecule has 4 nitrogen and oxygen atoms in total. The number of rotatable bonds is 10. The molecule has 0 aliphatic heterocycles. The fraction of sp³-hybridized carbons (Fsp3) is 0.773. The van der Waals surface area contributed by atoms with Gasteiger partial charge in [-0.3, -0.25) is 0 Å². The Morgan fingerprint density at radius 2 is 1.44 bits per heavy atom. The monoisotopic (exact) mass is 723 g/mol. The molecule has 0 aromatic heterocycles. The third-order valence-electron chi connectivity index (χ3n) is 14.6. The van der Waals surface area contributed by atoms with E-state index in [2.05, 4.69) is 93.7 Å². The fourth-order valence-corrected chi connectivity index (χ4v) is 11.7. The van der Waals surface area contributed by atoms with Crippen LogP contribution in [0.1, 0.15) is 126 Å². The molecule has 1 N–H and O–H groups in total. The summed E-state index contributed by atoms with van der Waals surface area (Å²) < 4.78 is 21.1. The molecule has 0 amide bonds. The first kappa shape index (κ1) is 40.0. The van der Waals surface area contributed by atoms with Crippen molar-refractivity contribution in [3.8, 4) is 5.75 Å². The van der Waals surface area contributed by atoms with Gasteiger partial charge in [-0.25, -0.2) is 0 Å². The van der Waals surface area contributed by atoms with Crippen LogP contribution in [0.3, 0.4) is 0 Å². The van der Waals surface area contributed by atoms with Gasteiger partial charge in [0.1, 0.15) is 5.75 Å². The molecule has 0 heterocycles. The van der Waals surface area contributed by atoms with Crippen molar-refractivity contribution >= 4 is 16.6 Å². The molecule has 1 spiro atoms. The molecule has 0 unspecified atom stereocenters. The van der Waals surface area contributed by atoms with Crippen molar-refractivity contribution in [3.05, 3.63) is 53.1 Å². The highest BCUT2D eigenvalue weighted by molar-refractivity contribution is 6.74. The van der Waals surface area contributed by atoms with Gasteiger partial charge < -0.3 is 18.7 Å². The molecule has 1 aromatic carbocycles. The van der Waals surface area contributed by atoms with Crippen LogP contribution >= 0.6 is 0 Å². The van der Waals surface area contributed by atoms with Gasteiger partial charge in [-0.05, 0) is 149 Å². The van der Waals surface area contributed by atoms with Crippen molar-refractivity contribution < 1.29 is 18.7 Å². The maximum Gasteiger partial charge on any atom is 0.192 e. The molecule has 4 fully saturated rings. The van der Waals surface area contributed by atoms with Gasteiger partial charge in [0, 0.05) is 5.41 Å². The van der Waals surface area contributed by atoms with Gasteiger partial charge in [-0.15, -0.1) is 0 Å². The molecule has 4 aliphatic carbocycles. The minimum Gasteiger partial charge on any atom is -0.493 e. The molecule has 4 saturated carbocycles. The summed E-state index contributed by atoms with van der Waals surface area (Å²) in [6.07, 6.45) is 15.3. The number of allylic oxidation sites excluding steroid dienone is 3. The second-order valence-electron chi connectivity index (χ2n) is 20.8. The Bertz CT molecular complexity index is 1360. The SMILES string of the molecule is C[C@@H](COc1cccc(C(C)(C)O)c1)[C@@H]1CC[C@@H]2/C(=C/C=C3C[C@@H](O[Si](C)(C)C(C)(C)C)C4(CC4)[C@H](O[Si](C)(C)C(C)(C)C)C3)CC[C@H](C)[C@H]12. The molecule has 6 heteroatoms. The Labute approximate surface area is 309 Å². The Morgan fingerprint density at radius 1 is 0.860 bits per heavy atom. The first-order valence-corrected chi connectivity index (χ1v) is 26.0. The maximum absolute atomic E-state index is 10.5. The number of fused-ring (bicyclic) bond motifs is 1. The van der Waals surface area contributed by atoms with Gasteiger partial charge in [0.15, 0.2) is 16.6 Å². The first-order valence-electron chi connectivity index (χ1n) is 20.1. The predicted molar refractivity (Wildman–Crippen MR) is 216 cm³/mol. The summed E-state index contributed by atoms with van der Waals surface area (Å²) in [5.41, 5.74) is 3.45. The Kier molecular flexibility index (Phi) is 11.4. The molecule has 7 atom stereocenters. The van der Waals surface area contributed by atoms with E-state index < -0.39 is 22.2 Å². The second-order valence-corrected chi connectivity index (χ2v) is 30.3. The lowest BCUT2D eigenvalue weighted by atomic mass is 9.67. The minimum atomic E-state index is -1.94. The standard InChI is InChI=1S/C44H74O4Si2/c1-30-18-20-33(37-23-22-36(40(30)37)31(2)29-46-35-17-15-16-34(28-35)43(9,10)45)21-19-32-26-38(47-49(11,12)41(3,4)5)44(24-25-44)39(27-32)48-50(13,14)42(6,7)8/h15-17,19,21,28,30-31,36-40,45H,18,20,22-27,29H2,1-14H3/b33-21+/t30-,31-,36-,37+,38+,39+,40+/m0/s1. The number of benzene rings is 1. The zero-order valence-corrected chi connectivity index (χ0v) is 36.5. The highest BCUT2D eigenvalue weighted by Gasteiger charge is 2.61. The quantitative estimate of drug-likeness (QED) is 0.244. The second kappa shape index (κ2) is 14.2. The van der Waals surface area contributed by atoms with Crippen LogP contribution in [-0.2, 0) is 14.5 Å². The Morgan fingerprint density at radius 3 is 1.96 bits per heavy atom. The third-order valence-corrected chi connectivity index (χ3v) is 23.6. The summed E-state index contributed by atoms with van der Waals surface area (Å²) in [7, 11) is -3.89. The topological polar surface area (TPSA) is 47.9 Å². The normalized spacial score (nSPS) is 30.4. The van der Waals surface area contributed by atoms with Crippen LogP contribution in [0.4, 0.5) is 0 Å². The molecule has 0 bridgehead atoms. The largest absolute Gasteiger partial charge is 0.493 e. The van der Waals surface area contributed by atoms with E-state index in [0.29, 0.717) is 17.8 Å². The third kappa shape index (κ3) is 8.45. The van der Waals surface area contributed by atoms with E-state index in [-0.39, 0.29) is 27.7 Å². The zero-order chi connectivity index (χ0) is 37.1. The van der Waals surface area contributed by atoms with Crippen LogP contribution in [-0.4, -0.2) is 40.6 Å². The molecule has 0 saturated heterocycles. The van der Waals surface area contributed by atoms with Gasteiger partial charge in [0.25, 0.3) is 0 Å². The average molecular weight is 723 g/mol. The summed E-state index contributed by atoms with van der Waals surface area (Å²) >= 11 is 0. The number of hydrogen-bond acceptors (Lipinski definition) is 4. The van der Waals surface area contributed by atoms with Crippen LogP contribution in [0.25, 0.3) is 0 Å². The van der Waals surface area contributed by atoms with Gasteiger partial charge in [-0.1, -0.05) is 90.8 Å². The van der Waals surface area contributed by atoms with E-state index in [1.54, 1.807) is 11.1 Å². The van der Waals surface area contributed by atoms with Crippen LogP contribution in [0.15, 0.2) is 47.6 Å². The maximum atomic E-state index is 10.5. The van der Waals surface area contributed by atoms with E-state index >= 15 is 0 Å². The molecule has 0 radical (unpaired) electrons. The first-order chi connectivity index (χ1) is 23.0. The van der Waals surface area contributed by atoms with E-state index in [0.717, 1.165) is 42.6 Å². The van der Waals surface area contributed by atoms with E-state index in [4.69, 9.17) is 13.6 Å². The van der Waals surface area contributed by atoms with Gasteiger partial charge >= 0.3 is 0 Å². The Balaban J connectivity index is 1.34. The summed E-state index contributed by atoms with van der Waals surface area (Å²) in [6.45, 7) is 33.3. The molecule has 4 aliphatic rings. The van der Waals surface area contributed by atoms with Crippen molar-refractivity contribution in [2.75, 3.05) is 6.61 Å². The van der Waals surface area contributed by atoms with Crippen LogP contribution in [0, 0.1) is 35.0 Å². The molecular formula is C44H74O4Si2. The number of ether oxygens (including phenoxy) is 1. The lowest BCUT2D eigenvalue weighted by Crippen LogP contribution is -2.54. The van der Waals surface area contributed by atoms with E-state index in [1.807, 2.05) is 38.1 Å². The zero-order valence-electron chi connectivity index (χ0n) is 34.5.